The molecule has 0 bridgehead atoms. The van der Waals surface area contributed by atoms with Crippen LogP contribution >= 0.6 is 0 Å². The molecule has 2 aliphatic rings. The van der Waals surface area contributed by atoms with Crippen molar-refractivity contribution < 1.29 is 9.53 Å². The molecule has 20 heavy (non-hydrogen) atoms. The predicted molar refractivity (Wildman–Crippen MR) is 78.7 cm³/mol. The minimum absolute atomic E-state index is 0.0528. The number of amides is 1. The molecule has 1 N–H and O–H groups in total. The Kier molecular flexibility index (Phi) is 3.92. The van der Waals surface area contributed by atoms with Crippen LogP contribution in [0.3, 0.4) is 0 Å². The number of benzene rings is 1. The van der Waals surface area contributed by atoms with Gasteiger partial charge in [-0.3, -0.25) is 4.79 Å². The smallest absolute Gasteiger partial charge is 0.228 e. The third-order valence-electron chi connectivity index (χ3n) is 4.35. The molecule has 2 aliphatic heterocycles. The number of rotatable bonds is 2. The zero-order valence-corrected chi connectivity index (χ0v) is 12.0. The van der Waals surface area contributed by atoms with Gasteiger partial charge < -0.3 is 15.0 Å². The number of hydrogen-bond acceptors (Lipinski definition) is 3. The van der Waals surface area contributed by atoms with Gasteiger partial charge in [0.15, 0.2) is 0 Å². The van der Waals surface area contributed by atoms with Gasteiger partial charge in [0.2, 0.25) is 5.91 Å². The van der Waals surface area contributed by atoms with Gasteiger partial charge in [-0.2, -0.15) is 0 Å². The zero-order chi connectivity index (χ0) is 13.9. The second kappa shape index (κ2) is 5.83. The van der Waals surface area contributed by atoms with E-state index in [2.05, 4.69) is 24.4 Å². The van der Waals surface area contributed by atoms with E-state index >= 15 is 0 Å². The summed E-state index contributed by atoms with van der Waals surface area (Å²) in [5, 5.41) is 3.39. The monoisotopic (exact) mass is 274 g/mol. The Morgan fingerprint density at radius 2 is 2.30 bits per heavy atom. The van der Waals surface area contributed by atoms with Gasteiger partial charge in [-0.1, -0.05) is 25.1 Å². The summed E-state index contributed by atoms with van der Waals surface area (Å²) in [5.41, 5.74) is 2.42. The van der Waals surface area contributed by atoms with Crippen LogP contribution in [0.15, 0.2) is 24.3 Å². The Labute approximate surface area is 120 Å². The van der Waals surface area contributed by atoms with Crippen LogP contribution in [-0.4, -0.2) is 43.2 Å². The quantitative estimate of drug-likeness (QED) is 0.895. The summed E-state index contributed by atoms with van der Waals surface area (Å²) >= 11 is 0. The van der Waals surface area contributed by atoms with E-state index in [0.29, 0.717) is 13.2 Å². The van der Waals surface area contributed by atoms with Crippen LogP contribution in [-0.2, 0) is 16.0 Å². The molecular formula is C16H22N2O2. The van der Waals surface area contributed by atoms with E-state index in [0.717, 1.165) is 25.9 Å². The summed E-state index contributed by atoms with van der Waals surface area (Å²) in [4.78, 5) is 14.8. The Morgan fingerprint density at radius 3 is 3.15 bits per heavy atom. The largest absolute Gasteiger partial charge is 0.384 e. The first-order valence-electron chi connectivity index (χ1n) is 7.49. The second-order valence-corrected chi connectivity index (χ2v) is 5.61. The standard InChI is InChI=1S/C16H22N2O2/c1-2-14-11-20-8-7-18(14)16(19)13-9-12-5-3-4-6-15(12)17-10-13/h3-6,13-14,17H,2,7-11H2,1H3. The van der Waals surface area contributed by atoms with Crippen LogP contribution in [0.4, 0.5) is 5.69 Å². The van der Waals surface area contributed by atoms with E-state index in [1.165, 1.54) is 11.3 Å². The summed E-state index contributed by atoms with van der Waals surface area (Å²) < 4.78 is 5.49. The second-order valence-electron chi connectivity index (χ2n) is 5.61. The number of ether oxygens (including phenoxy) is 1. The van der Waals surface area contributed by atoms with Gasteiger partial charge in [-0.25, -0.2) is 0 Å². The maximum absolute atomic E-state index is 12.8. The number of nitrogens with one attached hydrogen (secondary N) is 1. The molecule has 2 unspecified atom stereocenters. The van der Waals surface area contributed by atoms with E-state index in [1.54, 1.807) is 0 Å². The molecule has 4 nitrogen and oxygen atoms in total. The molecule has 1 amide bonds. The third-order valence-corrected chi connectivity index (χ3v) is 4.35. The number of carbonyl (C=O) groups excluding carboxylic acids is 1. The molecule has 0 spiro atoms. The molecule has 1 saturated heterocycles. The lowest BCUT2D eigenvalue weighted by atomic mass is 9.92. The first-order chi connectivity index (χ1) is 9.79. The third kappa shape index (κ3) is 2.52. The molecule has 4 heteroatoms. The van der Waals surface area contributed by atoms with Crippen molar-refractivity contribution in [1.29, 1.82) is 0 Å². The molecule has 3 rings (SSSR count). The van der Waals surface area contributed by atoms with Crippen LogP contribution in [0, 0.1) is 5.92 Å². The van der Waals surface area contributed by atoms with Crippen molar-refractivity contribution in [2.45, 2.75) is 25.8 Å². The lowest BCUT2D eigenvalue weighted by Crippen LogP contribution is -2.52. The number of hydrogen-bond donors (Lipinski definition) is 1. The molecule has 1 aromatic rings. The SMILES string of the molecule is CCC1COCCN1C(=O)C1CNc2ccccc2C1. The van der Waals surface area contributed by atoms with E-state index in [-0.39, 0.29) is 17.9 Å². The number of para-hydroxylation sites is 1. The fourth-order valence-corrected chi connectivity index (χ4v) is 3.13. The number of anilines is 1. The lowest BCUT2D eigenvalue weighted by Gasteiger charge is -2.38. The summed E-state index contributed by atoms with van der Waals surface area (Å²) in [7, 11) is 0. The van der Waals surface area contributed by atoms with Gasteiger partial charge in [-0.15, -0.1) is 0 Å². The Bertz CT molecular complexity index is 489. The average Bonchev–Trinajstić information content (AvgIpc) is 2.53. The van der Waals surface area contributed by atoms with E-state index in [1.807, 2.05) is 17.0 Å². The first-order valence-corrected chi connectivity index (χ1v) is 7.49. The number of fused-ring (bicyclic) bond motifs is 1. The number of nitrogens with zero attached hydrogens (tertiary/aromatic N) is 1. The van der Waals surface area contributed by atoms with Crippen LogP contribution in [0.1, 0.15) is 18.9 Å². The fraction of sp³-hybridized carbons (Fsp3) is 0.562. The van der Waals surface area contributed by atoms with Gasteiger partial charge in [0, 0.05) is 18.8 Å². The maximum Gasteiger partial charge on any atom is 0.228 e. The normalized spacial score (nSPS) is 25.8. The van der Waals surface area contributed by atoms with Crippen molar-refractivity contribution in [1.82, 2.24) is 4.90 Å². The van der Waals surface area contributed by atoms with Gasteiger partial charge in [0.1, 0.15) is 0 Å². The Morgan fingerprint density at radius 1 is 1.45 bits per heavy atom. The Hall–Kier alpha value is -1.55. The molecule has 0 aliphatic carbocycles. The van der Waals surface area contributed by atoms with Crippen LogP contribution < -0.4 is 5.32 Å². The molecule has 108 valence electrons. The highest BCUT2D eigenvalue weighted by Crippen LogP contribution is 2.26. The summed E-state index contributed by atoms with van der Waals surface area (Å²) in [6.07, 6.45) is 1.80. The van der Waals surface area contributed by atoms with Gasteiger partial charge in [-0.05, 0) is 24.5 Å². The average molecular weight is 274 g/mol. The topological polar surface area (TPSA) is 41.6 Å². The minimum Gasteiger partial charge on any atom is -0.384 e. The van der Waals surface area contributed by atoms with E-state index in [4.69, 9.17) is 4.74 Å². The van der Waals surface area contributed by atoms with Gasteiger partial charge in [0.25, 0.3) is 0 Å². The molecule has 0 aromatic heterocycles. The van der Waals surface area contributed by atoms with Crippen LogP contribution in [0.2, 0.25) is 0 Å². The number of carbonyl (C=O) groups is 1. The Balaban J connectivity index is 1.72. The maximum atomic E-state index is 12.8. The highest BCUT2D eigenvalue weighted by atomic mass is 16.5. The molecule has 1 aromatic carbocycles. The summed E-state index contributed by atoms with van der Waals surface area (Å²) in [6.45, 7) is 4.94. The van der Waals surface area contributed by atoms with Crippen molar-refractivity contribution in [3.63, 3.8) is 0 Å². The van der Waals surface area contributed by atoms with Crippen molar-refractivity contribution in [2.75, 3.05) is 31.6 Å². The predicted octanol–water partition coefficient (Wildman–Crippen LogP) is 1.91. The van der Waals surface area contributed by atoms with Crippen LogP contribution in [0.25, 0.3) is 0 Å². The highest BCUT2D eigenvalue weighted by Gasteiger charge is 2.32. The summed E-state index contributed by atoms with van der Waals surface area (Å²) in [6, 6.07) is 8.51. The van der Waals surface area contributed by atoms with Crippen LogP contribution in [0.5, 0.6) is 0 Å². The molecular weight excluding hydrogens is 252 g/mol. The molecule has 2 heterocycles. The van der Waals surface area contributed by atoms with Crippen molar-refractivity contribution >= 4 is 11.6 Å². The van der Waals surface area contributed by atoms with Crippen molar-refractivity contribution in [3.8, 4) is 0 Å². The zero-order valence-electron chi connectivity index (χ0n) is 12.0. The van der Waals surface area contributed by atoms with Crippen molar-refractivity contribution in [2.24, 2.45) is 5.92 Å². The molecule has 0 saturated carbocycles. The fourth-order valence-electron chi connectivity index (χ4n) is 3.13. The highest BCUT2D eigenvalue weighted by molar-refractivity contribution is 5.81. The van der Waals surface area contributed by atoms with E-state index < -0.39 is 0 Å². The summed E-state index contributed by atoms with van der Waals surface area (Å²) in [5.74, 6) is 0.333. The minimum atomic E-state index is 0.0528. The first kappa shape index (κ1) is 13.4. The molecule has 0 radical (unpaired) electrons. The van der Waals surface area contributed by atoms with Crippen molar-refractivity contribution in [3.05, 3.63) is 29.8 Å². The van der Waals surface area contributed by atoms with E-state index in [9.17, 15) is 4.79 Å². The van der Waals surface area contributed by atoms with Gasteiger partial charge in [0.05, 0.1) is 25.2 Å². The number of morpholine rings is 1. The lowest BCUT2D eigenvalue weighted by molar-refractivity contribution is -0.144. The van der Waals surface area contributed by atoms with Gasteiger partial charge >= 0.3 is 0 Å². The molecule has 2 atom stereocenters. The molecule has 1 fully saturated rings.